The zero-order valence-corrected chi connectivity index (χ0v) is 14.1. The number of aliphatic hydroxyl groups is 1. The normalized spacial score (nSPS) is 13.2. The Balaban J connectivity index is 3.01. The van der Waals surface area contributed by atoms with Crippen molar-refractivity contribution in [3.05, 3.63) is 12.2 Å². The van der Waals surface area contributed by atoms with Crippen molar-refractivity contribution in [3.63, 3.8) is 0 Å². The van der Waals surface area contributed by atoms with Gasteiger partial charge in [-0.05, 0) is 32.6 Å². The second kappa shape index (κ2) is 16.8. The van der Waals surface area contributed by atoms with E-state index in [2.05, 4.69) is 19.1 Å². The molecule has 0 saturated carbocycles. The highest BCUT2D eigenvalue weighted by Crippen LogP contribution is 2.12. The van der Waals surface area contributed by atoms with Crippen molar-refractivity contribution in [2.75, 3.05) is 0 Å². The first-order valence-electron chi connectivity index (χ1n) is 9.10. The summed E-state index contributed by atoms with van der Waals surface area (Å²) in [6, 6.07) is 0. The molecular formula is C19H38O. The van der Waals surface area contributed by atoms with Crippen molar-refractivity contribution in [3.8, 4) is 0 Å². The van der Waals surface area contributed by atoms with Gasteiger partial charge in [0.2, 0.25) is 0 Å². The Bertz CT molecular complexity index is 196. The van der Waals surface area contributed by atoms with Crippen molar-refractivity contribution in [1.29, 1.82) is 0 Å². The quantitative estimate of drug-likeness (QED) is 0.272. The lowest BCUT2D eigenvalue weighted by Gasteiger charge is -2.04. The van der Waals surface area contributed by atoms with Gasteiger partial charge in [0.25, 0.3) is 0 Å². The summed E-state index contributed by atoms with van der Waals surface area (Å²) in [5, 5.41) is 9.15. The zero-order valence-electron chi connectivity index (χ0n) is 14.1. The van der Waals surface area contributed by atoms with Crippen LogP contribution < -0.4 is 0 Å². The van der Waals surface area contributed by atoms with Crippen molar-refractivity contribution < 1.29 is 5.11 Å². The van der Waals surface area contributed by atoms with Crippen LogP contribution in [0.2, 0.25) is 0 Å². The molecule has 20 heavy (non-hydrogen) atoms. The van der Waals surface area contributed by atoms with E-state index < -0.39 is 0 Å². The van der Waals surface area contributed by atoms with Gasteiger partial charge in [0.15, 0.2) is 0 Å². The molecule has 0 aliphatic rings. The number of unbranched alkanes of at least 4 members (excludes halogenated alkanes) is 11. The van der Waals surface area contributed by atoms with Gasteiger partial charge >= 0.3 is 0 Å². The fourth-order valence-corrected chi connectivity index (χ4v) is 2.50. The first-order valence-corrected chi connectivity index (χ1v) is 9.10. The SMILES string of the molecule is CCCCC=CCCCCCCCCCCCC(C)O. The van der Waals surface area contributed by atoms with E-state index in [-0.39, 0.29) is 6.10 Å². The van der Waals surface area contributed by atoms with Gasteiger partial charge in [0, 0.05) is 0 Å². The molecule has 0 aliphatic carbocycles. The maximum atomic E-state index is 9.15. The maximum Gasteiger partial charge on any atom is 0.0512 e. The maximum absolute atomic E-state index is 9.15. The van der Waals surface area contributed by atoms with Crippen molar-refractivity contribution >= 4 is 0 Å². The molecule has 1 atom stereocenters. The Hall–Kier alpha value is -0.300. The average molecular weight is 283 g/mol. The van der Waals surface area contributed by atoms with Gasteiger partial charge in [-0.1, -0.05) is 83.3 Å². The van der Waals surface area contributed by atoms with Crippen molar-refractivity contribution in [1.82, 2.24) is 0 Å². The Morgan fingerprint density at radius 3 is 1.65 bits per heavy atom. The van der Waals surface area contributed by atoms with Crippen LogP contribution in [0.3, 0.4) is 0 Å². The third-order valence-corrected chi connectivity index (χ3v) is 3.88. The third kappa shape index (κ3) is 17.7. The number of aliphatic hydroxyl groups excluding tert-OH is 1. The molecule has 1 unspecified atom stereocenters. The molecule has 0 fully saturated rings. The van der Waals surface area contributed by atoms with E-state index in [1.165, 1.54) is 83.5 Å². The summed E-state index contributed by atoms with van der Waals surface area (Å²) in [7, 11) is 0. The Morgan fingerprint density at radius 1 is 0.700 bits per heavy atom. The molecule has 0 bridgehead atoms. The van der Waals surface area contributed by atoms with E-state index >= 15 is 0 Å². The van der Waals surface area contributed by atoms with E-state index in [0.29, 0.717) is 0 Å². The van der Waals surface area contributed by atoms with E-state index in [4.69, 9.17) is 5.11 Å². The molecular weight excluding hydrogens is 244 g/mol. The number of hydrogen-bond donors (Lipinski definition) is 1. The minimum Gasteiger partial charge on any atom is -0.393 e. The minimum atomic E-state index is -0.106. The fraction of sp³-hybridized carbons (Fsp3) is 0.895. The van der Waals surface area contributed by atoms with E-state index in [1.807, 2.05) is 6.92 Å². The van der Waals surface area contributed by atoms with Gasteiger partial charge in [-0.2, -0.15) is 0 Å². The topological polar surface area (TPSA) is 20.2 Å². The van der Waals surface area contributed by atoms with Gasteiger partial charge in [-0.3, -0.25) is 0 Å². The highest BCUT2D eigenvalue weighted by atomic mass is 16.3. The van der Waals surface area contributed by atoms with Crippen LogP contribution in [0.15, 0.2) is 12.2 Å². The van der Waals surface area contributed by atoms with E-state index in [1.54, 1.807) is 0 Å². The molecule has 0 aromatic rings. The highest BCUT2D eigenvalue weighted by Gasteiger charge is 1.96. The summed E-state index contributed by atoms with van der Waals surface area (Å²) >= 11 is 0. The molecule has 0 spiro atoms. The Labute approximate surface area is 127 Å². The van der Waals surface area contributed by atoms with Gasteiger partial charge in [0.1, 0.15) is 0 Å². The summed E-state index contributed by atoms with van der Waals surface area (Å²) in [4.78, 5) is 0. The van der Waals surface area contributed by atoms with Crippen LogP contribution in [0, 0.1) is 0 Å². The predicted molar refractivity (Wildman–Crippen MR) is 91.1 cm³/mol. The summed E-state index contributed by atoms with van der Waals surface area (Å²) in [5.41, 5.74) is 0. The predicted octanol–water partition coefficient (Wildman–Crippen LogP) is 6.40. The molecule has 1 nitrogen and oxygen atoms in total. The molecule has 1 heteroatoms. The number of allylic oxidation sites excluding steroid dienone is 2. The first kappa shape index (κ1) is 19.7. The standard InChI is InChI=1S/C19H38O/c1-3-4-5-6-7-8-9-10-11-12-13-14-15-16-17-18-19(2)20/h6-7,19-20H,3-5,8-18H2,1-2H3. The Morgan fingerprint density at radius 2 is 1.15 bits per heavy atom. The van der Waals surface area contributed by atoms with Gasteiger partial charge in [-0.25, -0.2) is 0 Å². The van der Waals surface area contributed by atoms with Gasteiger partial charge in [-0.15, -0.1) is 0 Å². The fourth-order valence-electron chi connectivity index (χ4n) is 2.50. The van der Waals surface area contributed by atoms with Gasteiger partial charge in [0.05, 0.1) is 6.10 Å². The second-order valence-electron chi connectivity index (χ2n) is 6.22. The lowest BCUT2D eigenvalue weighted by Crippen LogP contribution is -1.98. The van der Waals surface area contributed by atoms with Crippen LogP contribution in [0.1, 0.15) is 104 Å². The highest BCUT2D eigenvalue weighted by molar-refractivity contribution is 4.81. The lowest BCUT2D eigenvalue weighted by molar-refractivity contribution is 0.180. The summed E-state index contributed by atoms with van der Waals surface area (Å²) in [6.45, 7) is 4.14. The molecule has 0 heterocycles. The second-order valence-corrected chi connectivity index (χ2v) is 6.22. The van der Waals surface area contributed by atoms with Crippen LogP contribution >= 0.6 is 0 Å². The van der Waals surface area contributed by atoms with E-state index in [0.717, 1.165) is 6.42 Å². The van der Waals surface area contributed by atoms with Crippen LogP contribution in [0.25, 0.3) is 0 Å². The Kier molecular flexibility index (Phi) is 16.5. The van der Waals surface area contributed by atoms with Crippen molar-refractivity contribution in [2.45, 2.75) is 110 Å². The monoisotopic (exact) mass is 282 g/mol. The molecule has 0 aliphatic heterocycles. The van der Waals surface area contributed by atoms with E-state index in [9.17, 15) is 0 Å². The lowest BCUT2D eigenvalue weighted by atomic mass is 10.0. The summed E-state index contributed by atoms with van der Waals surface area (Å²) in [5.74, 6) is 0. The minimum absolute atomic E-state index is 0.106. The smallest absolute Gasteiger partial charge is 0.0512 e. The van der Waals surface area contributed by atoms with Crippen molar-refractivity contribution in [2.24, 2.45) is 0 Å². The third-order valence-electron chi connectivity index (χ3n) is 3.88. The molecule has 0 amide bonds. The van der Waals surface area contributed by atoms with Crippen LogP contribution in [0.5, 0.6) is 0 Å². The number of rotatable bonds is 15. The summed E-state index contributed by atoms with van der Waals surface area (Å²) < 4.78 is 0. The largest absolute Gasteiger partial charge is 0.393 e. The molecule has 0 aromatic heterocycles. The first-order chi connectivity index (χ1) is 9.77. The summed E-state index contributed by atoms with van der Waals surface area (Å²) in [6.07, 6.45) is 23.0. The average Bonchev–Trinajstić information content (AvgIpc) is 2.43. The van der Waals surface area contributed by atoms with Crippen LogP contribution in [-0.2, 0) is 0 Å². The molecule has 0 saturated heterocycles. The van der Waals surface area contributed by atoms with Gasteiger partial charge < -0.3 is 5.11 Å². The van der Waals surface area contributed by atoms with Crippen LogP contribution in [0.4, 0.5) is 0 Å². The molecule has 0 rings (SSSR count). The molecule has 0 aromatic carbocycles. The molecule has 1 N–H and O–H groups in total. The molecule has 0 radical (unpaired) electrons. The molecule has 120 valence electrons. The number of hydrogen-bond acceptors (Lipinski definition) is 1. The zero-order chi connectivity index (χ0) is 14.9. The van der Waals surface area contributed by atoms with Crippen LogP contribution in [-0.4, -0.2) is 11.2 Å².